The molecule has 5 rings (SSSR count). The van der Waals surface area contributed by atoms with E-state index in [4.69, 9.17) is 23.9 Å². The van der Waals surface area contributed by atoms with Crippen LogP contribution >= 0.6 is 11.3 Å². The van der Waals surface area contributed by atoms with Crippen molar-refractivity contribution in [2.45, 2.75) is 59.8 Å². The van der Waals surface area contributed by atoms with Gasteiger partial charge in [-0.05, 0) is 88.6 Å². The van der Waals surface area contributed by atoms with Crippen molar-refractivity contribution in [3.05, 3.63) is 137 Å². The average Bonchev–Trinajstić information content (AvgIpc) is 3.37. The van der Waals surface area contributed by atoms with Crippen molar-refractivity contribution in [1.82, 2.24) is 4.57 Å². The molecule has 1 aliphatic rings. The van der Waals surface area contributed by atoms with Gasteiger partial charge in [-0.1, -0.05) is 35.6 Å². The molecule has 1 atom stereocenters. The van der Waals surface area contributed by atoms with E-state index in [0.717, 1.165) is 11.1 Å². The number of hydrogen-bond acceptors (Lipinski definition) is 10. The van der Waals surface area contributed by atoms with E-state index in [-0.39, 0.29) is 36.1 Å². The average molecular weight is 698 g/mol. The number of rotatable bonds is 14. The number of non-ortho nitro benzene ring substituents is 1. The Kier molecular flexibility index (Phi) is 11.3. The summed E-state index contributed by atoms with van der Waals surface area (Å²) in [5.74, 6) is 0.997. The smallest absolute Gasteiger partial charge is 0.338 e. The molecule has 1 aromatic heterocycles. The van der Waals surface area contributed by atoms with Crippen molar-refractivity contribution < 1.29 is 28.7 Å². The van der Waals surface area contributed by atoms with Crippen LogP contribution in [-0.4, -0.2) is 34.8 Å². The first-order chi connectivity index (χ1) is 24.1. The van der Waals surface area contributed by atoms with Gasteiger partial charge in [-0.3, -0.25) is 19.5 Å². The maximum Gasteiger partial charge on any atom is 0.338 e. The molecule has 0 saturated heterocycles. The third-order valence-electron chi connectivity index (χ3n) is 7.74. The summed E-state index contributed by atoms with van der Waals surface area (Å²) in [5, 5.41) is 11.1. The number of esters is 1. The first kappa shape index (κ1) is 35.8. The van der Waals surface area contributed by atoms with E-state index in [1.54, 1.807) is 44.2 Å². The number of carbonyl (C=O) groups is 1. The number of fused-ring (bicyclic) bond motifs is 1. The fourth-order valence-corrected chi connectivity index (χ4v) is 6.72. The number of nitrogens with zero attached hydrogens (tertiary/aromatic N) is 3. The van der Waals surface area contributed by atoms with Gasteiger partial charge in [0, 0.05) is 23.3 Å². The summed E-state index contributed by atoms with van der Waals surface area (Å²) in [6, 6.07) is 16.4. The minimum Gasteiger partial charge on any atom is -0.491 e. The second kappa shape index (κ2) is 15.8. The third-order valence-corrected chi connectivity index (χ3v) is 8.72. The molecule has 0 fully saturated rings. The Labute approximate surface area is 293 Å². The van der Waals surface area contributed by atoms with E-state index in [1.165, 1.54) is 28.0 Å². The summed E-state index contributed by atoms with van der Waals surface area (Å²) >= 11 is 1.22. The molecule has 0 N–H and O–H groups in total. The van der Waals surface area contributed by atoms with Gasteiger partial charge in [0.1, 0.15) is 18.4 Å². The SMILES string of the molecule is C=CCc1cc(/C=c2/sc3n(c2=O)[C@H](c2ccccc2OC(C)C)C(C(=O)OCC)=C(C)N=3)cc(OCC)c1OCc1ccc([N+](=O)[O-])cc1. The van der Waals surface area contributed by atoms with E-state index in [0.29, 0.717) is 56.4 Å². The Morgan fingerprint density at radius 2 is 1.82 bits per heavy atom. The van der Waals surface area contributed by atoms with Crippen LogP contribution in [0.1, 0.15) is 62.9 Å². The van der Waals surface area contributed by atoms with Crippen LogP contribution in [0.4, 0.5) is 5.69 Å². The summed E-state index contributed by atoms with van der Waals surface area (Å²) in [6.45, 7) is 13.8. The van der Waals surface area contributed by atoms with Crippen molar-refractivity contribution in [2.75, 3.05) is 13.2 Å². The molecule has 0 bridgehead atoms. The van der Waals surface area contributed by atoms with E-state index in [2.05, 4.69) is 6.58 Å². The summed E-state index contributed by atoms with van der Waals surface area (Å²) in [7, 11) is 0. The van der Waals surface area contributed by atoms with Crippen molar-refractivity contribution in [1.29, 1.82) is 0 Å². The lowest BCUT2D eigenvalue weighted by Crippen LogP contribution is -2.40. The lowest BCUT2D eigenvalue weighted by Gasteiger charge is -2.26. The molecule has 3 aromatic carbocycles. The number of carbonyl (C=O) groups excluding carboxylic acids is 1. The Morgan fingerprint density at radius 3 is 2.48 bits per heavy atom. The standard InChI is InChI=1S/C38H39N3O8S/c1-7-12-27-19-26(20-31(46-8-2)35(27)48-22-25-15-17-28(18-16-25)41(44)45)21-32-36(42)40-34(29-13-10-11-14-30(29)49-23(4)5)33(37(43)47-9-3)24(6)39-38(40)50-32/h7,10-11,13-21,23,34H,1,8-9,12,22H2,2-6H3/b32-21+/t34-/m1/s1. The molecule has 0 unspecified atom stereocenters. The monoisotopic (exact) mass is 697 g/mol. The number of allylic oxidation sites excluding steroid dienone is 2. The quantitative estimate of drug-likeness (QED) is 0.0659. The van der Waals surface area contributed by atoms with Crippen LogP contribution in [0.25, 0.3) is 6.08 Å². The molecule has 4 aromatic rings. The van der Waals surface area contributed by atoms with E-state index in [9.17, 15) is 19.7 Å². The van der Waals surface area contributed by atoms with E-state index in [1.807, 2.05) is 51.1 Å². The maximum absolute atomic E-state index is 14.3. The third kappa shape index (κ3) is 7.70. The van der Waals surface area contributed by atoms with Gasteiger partial charge in [0.25, 0.3) is 11.2 Å². The van der Waals surface area contributed by atoms with E-state index >= 15 is 0 Å². The number of benzene rings is 3. The van der Waals surface area contributed by atoms with Gasteiger partial charge in [0.05, 0.1) is 40.0 Å². The largest absolute Gasteiger partial charge is 0.491 e. The van der Waals surface area contributed by atoms with Gasteiger partial charge < -0.3 is 18.9 Å². The molecule has 12 heteroatoms. The Bertz CT molecular complexity index is 2130. The van der Waals surface area contributed by atoms with Crippen molar-refractivity contribution in [3.8, 4) is 17.2 Å². The normalized spacial score (nSPS) is 14.2. The zero-order valence-corrected chi connectivity index (χ0v) is 29.5. The summed E-state index contributed by atoms with van der Waals surface area (Å²) in [4.78, 5) is 43.5. The van der Waals surface area contributed by atoms with Crippen LogP contribution in [0.5, 0.6) is 17.2 Å². The zero-order chi connectivity index (χ0) is 35.9. The topological polar surface area (TPSA) is 131 Å². The van der Waals surface area contributed by atoms with Crippen molar-refractivity contribution >= 4 is 29.1 Å². The highest BCUT2D eigenvalue weighted by Crippen LogP contribution is 2.37. The predicted octanol–water partition coefficient (Wildman–Crippen LogP) is 6.20. The highest BCUT2D eigenvalue weighted by molar-refractivity contribution is 7.07. The molecular weight excluding hydrogens is 658 g/mol. The highest BCUT2D eigenvalue weighted by Gasteiger charge is 2.35. The van der Waals surface area contributed by atoms with Gasteiger partial charge in [0.2, 0.25) is 0 Å². The number of hydrogen-bond donors (Lipinski definition) is 0. The second-order valence-corrected chi connectivity index (χ2v) is 12.7. The van der Waals surface area contributed by atoms with Crippen molar-refractivity contribution in [2.24, 2.45) is 4.99 Å². The Morgan fingerprint density at radius 1 is 1.08 bits per heavy atom. The molecule has 1 aliphatic heterocycles. The molecule has 0 radical (unpaired) electrons. The molecular formula is C38H39N3O8S. The van der Waals surface area contributed by atoms with Gasteiger partial charge in [-0.2, -0.15) is 0 Å². The minimum atomic E-state index is -0.826. The molecule has 11 nitrogen and oxygen atoms in total. The molecule has 50 heavy (non-hydrogen) atoms. The zero-order valence-electron chi connectivity index (χ0n) is 28.6. The Balaban J connectivity index is 1.62. The summed E-state index contributed by atoms with van der Waals surface area (Å²) < 4.78 is 25.8. The number of ether oxygens (including phenoxy) is 4. The lowest BCUT2D eigenvalue weighted by atomic mass is 9.95. The van der Waals surface area contributed by atoms with Crippen LogP contribution in [0, 0.1) is 10.1 Å². The highest BCUT2D eigenvalue weighted by atomic mass is 32.1. The van der Waals surface area contributed by atoms with Gasteiger partial charge in [-0.25, -0.2) is 9.79 Å². The molecule has 0 saturated carbocycles. The van der Waals surface area contributed by atoms with Crippen LogP contribution in [0.3, 0.4) is 0 Å². The summed E-state index contributed by atoms with van der Waals surface area (Å²) in [6.07, 6.45) is 3.83. The molecule has 260 valence electrons. The van der Waals surface area contributed by atoms with Crippen LogP contribution < -0.4 is 29.1 Å². The van der Waals surface area contributed by atoms with Crippen LogP contribution in [0.2, 0.25) is 0 Å². The first-order valence-corrected chi connectivity index (χ1v) is 17.1. The number of thiazole rings is 1. The fraction of sp³-hybridized carbons (Fsp3) is 0.289. The van der Waals surface area contributed by atoms with Crippen LogP contribution in [-0.2, 0) is 22.6 Å². The van der Waals surface area contributed by atoms with Crippen molar-refractivity contribution in [3.63, 3.8) is 0 Å². The van der Waals surface area contributed by atoms with Gasteiger partial charge >= 0.3 is 5.97 Å². The number of nitro groups is 1. The first-order valence-electron chi connectivity index (χ1n) is 16.3. The number of nitro benzene ring substituents is 1. The maximum atomic E-state index is 14.3. The van der Waals surface area contributed by atoms with Gasteiger partial charge in [-0.15, -0.1) is 6.58 Å². The molecule has 0 aliphatic carbocycles. The van der Waals surface area contributed by atoms with E-state index < -0.39 is 16.9 Å². The Hall–Kier alpha value is -5.49. The fourth-order valence-electron chi connectivity index (χ4n) is 5.67. The number of para-hydroxylation sites is 1. The lowest BCUT2D eigenvalue weighted by molar-refractivity contribution is -0.384. The number of aromatic nitrogens is 1. The molecule has 0 amide bonds. The van der Waals surface area contributed by atoms with Gasteiger partial charge in [0.15, 0.2) is 16.3 Å². The second-order valence-electron chi connectivity index (χ2n) is 11.7. The predicted molar refractivity (Wildman–Crippen MR) is 192 cm³/mol. The summed E-state index contributed by atoms with van der Waals surface area (Å²) in [5.41, 5.74) is 3.28. The van der Waals surface area contributed by atoms with Crippen LogP contribution in [0.15, 0.2) is 94.4 Å². The molecule has 0 spiro atoms. The minimum absolute atomic E-state index is 0.00238. The molecule has 2 heterocycles.